The Morgan fingerprint density at radius 3 is 2.90 bits per heavy atom. The molecule has 0 N–H and O–H groups in total. The summed E-state index contributed by atoms with van der Waals surface area (Å²) in [7, 11) is 0. The first-order valence-electron chi connectivity index (χ1n) is 8.84. The lowest BCUT2D eigenvalue weighted by molar-refractivity contribution is -0.146. The van der Waals surface area contributed by atoms with Gasteiger partial charge in [-0.3, -0.25) is 9.36 Å². The number of carbonyl (C=O) groups is 1. The number of hydrogen-bond donors (Lipinski definition) is 0. The Hall–Kier alpha value is -3.75. The number of fused-ring (bicyclic) bond motifs is 1. The average Bonchev–Trinajstić information content (AvgIpc) is 3.31. The minimum absolute atomic E-state index is 0.0341. The van der Waals surface area contributed by atoms with Crippen LogP contribution in [-0.4, -0.2) is 20.7 Å². The number of benzene rings is 2. The van der Waals surface area contributed by atoms with Crippen LogP contribution in [-0.2, 0) is 22.7 Å². The van der Waals surface area contributed by atoms with Crippen LogP contribution in [0.25, 0.3) is 22.5 Å². The molecule has 2 heterocycles. The van der Waals surface area contributed by atoms with Gasteiger partial charge in [-0.05, 0) is 30.7 Å². The van der Waals surface area contributed by atoms with E-state index in [9.17, 15) is 14.0 Å². The molecule has 0 spiro atoms. The second-order valence-corrected chi connectivity index (χ2v) is 6.37. The van der Waals surface area contributed by atoms with E-state index in [1.807, 2.05) is 0 Å². The van der Waals surface area contributed by atoms with Crippen molar-refractivity contribution in [2.45, 2.75) is 26.5 Å². The van der Waals surface area contributed by atoms with Crippen molar-refractivity contribution in [2.24, 2.45) is 0 Å². The number of para-hydroxylation sites is 2. The highest BCUT2D eigenvalue weighted by molar-refractivity contribution is 5.73. The first-order chi connectivity index (χ1) is 14.0. The van der Waals surface area contributed by atoms with Gasteiger partial charge in [-0.2, -0.15) is 4.98 Å². The average molecular weight is 397 g/mol. The normalized spacial score (nSPS) is 11.1. The molecule has 0 saturated heterocycles. The molecule has 0 fully saturated rings. The largest absolute Gasteiger partial charge is 0.456 e. The molecular weight excluding hydrogens is 381 g/mol. The summed E-state index contributed by atoms with van der Waals surface area (Å²) in [5.41, 5.74) is 2.03. The van der Waals surface area contributed by atoms with E-state index in [0.29, 0.717) is 22.2 Å². The van der Waals surface area contributed by atoms with Crippen LogP contribution in [0.2, 0.25) is 0 Å². The van der Waals surface area contributed by atoms with Crippen LogP contribution in [0.1, 0.15) is 17.9 Å². The van der Waals surface area contributed by atoms with E-state index >= 15 is 0 Å². The van der Waals surface area contributed by atoms with Crippen LogP contribution in [0.4, 0.5) is 4.39 Å². The van der Waals surface area contributed by atoms with Crippen LogP contribution in [0, 0.1) is 12.7 Å². The predicted octanol–water partition coefficient (Wildman–Crippen LogP) is 3.23. The number of hydrogen-bond acceptors (Lipinski definition) is 7. The lowest BCUT2D eigenvalue weighted by Crippen LogP contribution is -2.17. The van der Waals surface area contributed by atoms with E-state index < -0.39 is 11.7 Å². The van der Waals surface area contributed by atoms with E-state index in [1.165, 1.54) is 10.6 Å². The van der Waals surface area contributed by atoms with E-state index in [4.69, 9.17) is 13.7 Å². The fraction of sp³-hybridized carbons (Fsp3) is 0.200. The SMILES string of the molecule is Cc1ccc(-c2noc(COC(=O)CCn3c(=O)oc4ccccc43)n2)cc1F. The van der Waals surface area contributed by atoms with Crippen molar-refractivity contribution >= 4 is 17.1 Å². The highest BCUT2D eigenvalue weighted by Crippen LogP contribution is 2.19. The molecule has 0 aliphatic carbocycles. The summed E-state index contributed by atoms with van der Waals surface area (Å²) in [5.74, 6) is -1.16. The summed E-state index contributed by atoms with van der Waals surface area (Å²) in [5, 5.41) is 3.77. The molecule has 2 aromatic heterocycles. The zero-order valence-electron chi connectivity index (χ0n) is 15.4. The number of esters is 1. The second kappa shape index (κ2) is 7.70. The Labute approximate surface area is 163 Å². The maximum absolute atomic E-state index is 13.7. The topological polar surface area (TPSA) is 100 Å². The van der Waals surface area contributed by atoms with Gasteiger partial charge in [0.25, 0.3) is 5.89 Å². The molecule has 0 saturated carbocycles. The van der Waals surface area contributed by atoms with Gasteiger partial charge in [-0.15, -0.1) is 0 Å². The Kier molecular flexibility index (Phi) is 4.94. The standard InChI is InChI=1S/C20H16FN3O5/c1-12-6-7-13(10-14(12)21)19-22-17(29-23-19)11-27-18(25)8-9-24-15-4-2-3-5-16(15)28-20(24)26/h2-7,10H,8-9,11H2,1H3. The first kappa shape index (κ1) is 18.6. The lowest BCUT2D eigenvalue weighted by atomic mass is 10.1. The van der Waals surface area contributed by atoms with Crippen molar-refractivity contribution in [1.29, 1.82) is 0 Å². The molecule has 0 radical (unpaired) electrons. The third kappa shape index (κ3) is 3.93. The zero-order valence-corrected chi connectivity index (χ0v) is 15.4. The number of oxazole rings is 1. The number of carbonyl (C=O) groups excluding carboxylic acids is 1. The molecule has 148 valence electrons. The molecule has 4 aromatic rings. The van der Waals surface area contributed by atoms with Crippen LogP contribution >= 0.6 is 0 Å². The third-order valence-electron chi connectivity index (χ3n) is 4.37. The maximum Gasteiger partial charge on any atom is 0.419 e. The quantitative estimate of drug-likeness (QED) is 0.461. The van der Waals surface area contributed by atoms with E-state index in [-0.39, 0.29) is 37.1 Å². The highest BCUT2D eigenvalue weighted by Gasteiger charge is 2.14. The molecule has 0 atom stereocenters. The van der Waals surface area contributed by atoms with Crippen LogP contribution < -0.4 is 5.76 Å². The molecule has 0 aliphatic rings. The molecule has 2 aromatic carbocycles. The number of nitrogens with zero attached hydrogens (tertiary/aromatic N) is 3. The minimum atomic E-state index is -0.539. The molecular formula is C20H16FN3O5. The Bertz CT molecular complexity index is 1240. The van der Waals surface area contributed by atoms with Crippen LogP contribution in [0.15, 0.2) is 56.2 Å². The summed E-state index contributed by atoms with van der Waals surface area (Å²) in [4.78, 5) is 28.0. The van der Waals surface area contributed by atoms with Gasteiger partial charge >= 0.3 is 11.7 Å². The van der Waals surface area contributed by atoms with Gasteiger partial charge in [0.1, 0.15) is 5.82 Å². The Morgan fingerprint density at radius 1 is 1.24 bits per heavy atom. The second-order valence-electron chi connectivity index (χ2n) is 6.37. The van der Waals surface area contributed by atoms with Crippen molar-refractivity contribution < 1.29 is 22.9 Å². The van der Waals surface area contributed by atoms with Gasteiger partial charge in [0.2, 0.25) is 5.82 Å². The molecule has 0 bridgehead atoms. The lowest BCUT2D eigenvalue weighted by Gasteiger charge is -2.03. The molecule has 9 heteroatoms. The summed E-state index contributed by atoms with van der Waals surface area (Å²) < 4.78 is 30.3. The number of ether oxygens (including phenoxy) is 1. The van der Waals surface area contributed by atoms with Gasteiger partial charge in [0.05, 0.1) is 11.9 Å². The molecule has 29 heavy (non-hydrogen) atoms. The third-order valence-corrected chi connectivity index (χ3v) is 4.37. The zero-order chi connectivity index (χ0) is 20.4. The summed E-state index contributed by atoms with van der Waals surface area (Å²) in [6, 6.07) is 11.5. The Morgan fingerprint density at radius 2 is 2.07 bits per heavy atom. The van der Waals surface area contributed by atoms with Crippen LogP contribution in [0.3, 0.4) is 0 Å². The molecule has 0 amide bonds. The summed E-state index contributed by atoms with van der Waals surface area (Å²) >= 11 is 0. The number of aromatic nitrogens is 3. The van der Waals surface area contributed by atoms with Crippen molar-refractivity contribution in [3.8, 4) is 11.4 Å². The molecule has 4 rings (SSSR count). The number of halogens is 1. The minimum Gasteiger partial charge on any atom is -0.456 e. The molecule has 0 aliphatic heterocycles. The van der Waals surface area contributed by atoms with E-state index in [2.05, 4.69) is 10.1 Å². The van der Waals surface area contributed by atoms with Crippen molar-refractivity contribution in [2.75, 3.05) is 0 Å². The van der Waals surface area contributed by atoms with Gasteiger partial charge in [0, 0.05) is 12.1 Å². The smallest absolute Gasteiger partial charge is 0.419 e. The van der Waals surface area contributed by atoms with Gasteiger partial charge in [0.15, 0.2) is 12.2 Å². The fourth-order valence-electron chi connectivity index (χ4n) is 2.81. The van der Waals surface area contributed by atoms with Crippen molar-refractivity contribution in [3.63, 3.8) is 0 Å². The molecule has 8 nitrogen and oxygen atoms in total. The van der Waals surface area contributed by atoms with Gasteiger partial charge in [-0.25, -0.2) is 9.18 Å². The van der Waals surface area contributed by atoms with E-state index in [1.54, 1.807) is 43.3 Å². The number of aryl methyl sites for hydroxylation is 2. The molecule has 0 unspecified atom stereocenters. The first-order valence-corrected chi connectivity index (χ1v) is 8.84. The monoisotopic (exact) mass is 397 g/mol. The highest BCUT2D eigenvalue weighted by atomic mass is 19.1. The van der Waals surface area contributed by atoms with Gasteiger partial charge in [-0.1, -0.05) is 29.4 Å². The summed E-state index contributed by atoms with van der Waals surface area (Å²) in [6.45, 7) is 1.55. The maximum atomic E-state index is 13.7. The van der Waals surface area contributed by atoms with Crippen molar-refractivity contribution in [3.05, 3.63) is 70.3 Å². The van der Waals surface area contributed by atoms with Gasteiger partial charge < -0.3 is 13.7 Å². The Balaban J connectivity index is 1.35. The van der Waals surface area contributed by atoms with E-state index in [0.717, 1.165) is 0 Å². The summed E-state index contributed by atoms with van der Waals surface area (Å²) in [6.07, 6.45) is -0.0341. The van der Waals surface area contributed by atoms with Crippen LogP contribution in [0.5, 0.6) is 0 Å². The number of rotatable bonds is 6. The fourth-order valence-corrected chi connectivity index (χ4v) is 2.81. The van der Waals surface area contributed by atoms with Crippen molar-refractivity contribution in [1.82, 2.24) is 14.7 Å². The predicted molar refractivity (Wildman–Crippen MR) is 99.3 cm³/mol.